The van der Waals surface area contributed by atoms with Crippen LogP contribution in [0.25, 0.3) is 0 Å². The maximum Gasteiger partial charge on any atom is 0.209 e. The van der Waals surface area contributed by atoms with Gasteiger partial charge in [0.1, 0.15) is 18.0 Å². The van der Waals surface area contributed by atoms with Crippen molar-refractivity contribution in [2.45, 2.75) is 53.2 Å². The van der Waals surface area contributed by atoms with E-state index in [0.717, 1.165) is 30.9 Å². The van der Waals surface area contributed by atoms with Gasteiger partial charge < -0.3 is 20.2 Å². The van der Waals surface area contributed by atoms with Crippen molar-refractivity contribution in [3.05, 3.63) is 47.2 Å². The Labute approximate surface area is 191 Å². The summed E-state index contributed by atoms with van der Waals surface area (Å²) in [6, 6.07) is 8.75. The fourth-order valence-corrected chi connectivity index (χ4v) is 3.04. The Bertz CT molecular complexity index is 752. The van der Waals surface area contributed by atoms with Crippen LogP contribution in [0.5, 0.6) is 0 Å². The van der Waals surface area contributed by atoms with E-state index in [1.165, 1.54) is 12.7 Å². The molecule has 1 aromatic carbocycles. The van der Waals surface area contributed by atoms with Crippen molar-refractivity contribution in [3.63, 3.8) is 0 Å². The second kappa shape index (κ2) is 14.6. The molecule has 1 aliphatic rings. The minimum Gasteiger partial charge on any atom is -0.386 e. The summed E-state index contributed by atoms with van der Waals surface area (Å²) in [7, 11) is 0. The highest BCUT2D eigenvalue weighted by molar-refractivity contribution is 6.30. The number of hydrogen-bond donors (Lipinski definition) is 2. The quantitative estimate of drug-likeness (QED) is 0.636. The van der Waals surface area contributed by atoms with Gasteiger partial charge in [-0.15, -0.1) is 0 Å². The molecule has 31 heavy (non-hydrogen) atoms. The second-order valence-corrected chi connectivity index (χ2v) is 7.46. The Balaban J connectivity index is 0.000000884. The highest BCUT2D eigenvalue weighted by atomic mass is 35.5. The summed E-state index contributed by atoms with van der Waals surface area (Å²) in [4.78, 5) is 23.3. The van der Waals surface area contributed by atoms with Crippen LogP contribution in [0.15, 0.2) is 36.7 Å². The van der Waals surface area contributed by atoms with Crippen molar-refractivity contribution in [2.75, 3.05) is 36.4 Å². The highest BCUT2D eigenvalue weighted by Crippen LogP contribution is 2.22. The topological polar surface area (TPSA) is 81.6 Å². The molecule has 2 heterocycles. The molecular weight excluding hydrogens is 414 g/mol. The molecule has 2 N–H and O–H groups in total. The summed E-state index contributed by atoms with van der Waals surface area (Å²) in [5.74, 6) is 1.45. The lowest BCUT2D eigenvalue weighted by atomic mass is 10.0. The van der Waals surface area contributed by atoms with Gasteiger partial charge in [0.25, 0.3) is 0 Å². The van der Waals surface area contributed by atoms with E-state index in [0.29, 0.717) is 23.9 Å². The van der Waals surface area contributed by atoms with E-state index in [1.807, 2.05) is 39.0 Å². The molecule has 0 radical (unpaired) electrons. The number of carbonyl (C=O) groups is 1. The molecular formula is C23H36ClN5O2. The van der Waals surface area contributed by atoms with Crippen LogP contribution in [0.3, 0.4) is 0 Å². The van der Waals surface area contributed by atoms with Gasteiger partial charge in [0.2, 0.25) is 6.41 Å². The van der Waals surface area contributed by atoms with Gasteiger partial charge in [-0.25, -0.2) is 9.97 Å². The zero-order chi connectivity index (χ0) is 23.2. The van der Waals surface area contributed by atoms with Gasteiger partial charge in [0, 0.05) is 37.3 Å². The number of carbonyl (C=O) groups excluding carboxylic acids is 1. The van der Waals surface area contributed by atoms with Gasteiger partial charge in [-0.2, -0.15) is 0 Å². The van der Waals surface area contributed by atoms with E-state index in [9.17, 15) is 9.90 Å². The van der Waals surface area contributed by atoms with Gasteiger partial charge >= 0.3 is 0 Å². The van der Waals surface area contributed by atoms with Gasteiger partial charge in [-0.3, -0.25) is 4.79 Å². The zero-order valence-electron chi connectivity index (χ0n) is 19.3. The summed E-state index contributed by atoms with van der Waals surface area (Å²) in [6.45, 7) is 13.0. The molecule has 3 rings (SSSR count). The number of aromatic nitrogens is 2. The molecule has 1 fully saturated rings. The highest BCUT2D eigenvalue weighted by Gasteiger charge is 2.19. The first-order valence-corrected chi connectivity index (χ1v) is 11.3. The second-order valence-electron chi connectivity index (χ2n) is 7.03. The molecule has 2 aromatic rings. The summed E-state index contributed by atoms with van der Waals surface area (Å²) < 4.78 is 0. The molecule has 172 valence electrons. The number of benzene rings is 1. The fraction of sp³-hybridized carbons (Fsp3) is 0.522. The number of amides is 1. The van der Waals surface area contributed by atoms with Crippen molar-refractivity contribution >= 4 is 29.6 Å². The molecule has 1 aromatic heterocycles. The Hall–Kier alpha value is -2.38. The zero-order valence-corrected chi connectivity index (χ0v) is 20.0. The lowest BCUT2D eigenvalue weighted by Gasteiger charge is -2.33. The van der Waals surface area contributed by atoms with E-state index >= 15 is 0 Å². The van der Waals surface area contributed by atoms with Crippen molar-refractivity contribution in [1.82, 2.24) is 14.9 Å². The number of hydrogen-bond acceptors (Lipinski definition) is 6. The van der Waals surface area contributed by atoms with E-state index in [4.69, 9.17) is 11.6 Å². The standard InChI is InChI=1S/C18H22ClN5O2.C3H8.C2H6/c1-13(18(26)14-2-4-15(19)5-3-14)22-16-10-17(21-11-20-16)24-8-6-23(12-25)7-9-24;1-3-2;1-2/h2-5,10-13,18,26H,6-9H2,1H3,(H,20,21,22);3H2,1-2H3;1-2H3. The number of piperazine rings is 1. The van der Waals surface area contributed by atoms with Crippen LogP contribution in [0.2, 0.25) is 5.02 Å². The summed E-state index contributed by atoms with van der Waals surface area (Å²) in [6.07, 6.45) is 2.94. The maximum atomic E-state index is 10.8. The first kappa shape index (κ1) is 26.7. The Morgan fingerprint density at radius 2 is 1.71 bits per heavy atom. The molecule has 0 spiro atoms. The molecule has 2 unspecified atom stereocenters. The molecule has 1 amide bonds. The molecule has 8 heteroatoms. The number of aliphatic hydroxyl groups excluding tert-OH is 1. The third-order valence-electron chi connectivity index (χ3n) is 4.50. The average Bonchev–Trinajstić information content (AvgIpc) is 2.81. The predicted octanol–water partition coefficient (Wildman–Crippen LogP) is 4.38. The molecule has 2 atom stereocenters. The lowest BCUT2D eigenvalue weighted by molar-refractivity contribution is -0.118. The fourth-order valence-electron chi connectivity index (χ4n) is 2.92. The molecule has 7 nitrogen and oxygen atoms in total. The summed E-state index contributed by atoms with van der Waals surface area (Å²) in [5.41, 5.74) is 0.786. The number of nitrogens with zero attached hydrogens (tertiary/aromatic N) is 4. The van der Waals surface area contributed by atoms with Gasteiger partial charge in [0.15, 0.2) is 0 Å². The maximum absolute atomic E-state index is 10.8. The minimum atomic E-state index is -0.693. The number of halogens is 1. The van der Waals surface area contributed by atoms with Crippen LogP contribution >= 0.6 is 11.6 Å². The van der Waals surface area contributed by atoms with Crippen molar-refractivity contribution in [3.8, 4) is 0 Å². The van der Waals surface area contributed by atoms with Crippen LogP contribution in [0.4, 0.5) is 11.6 Å². The van der Waals surface area contributed by atoms with Crippen molar-refractivity contribution in [2.24, 2.45) is 0 Å². The number of nitrogens with one attached hydrogen (secondary N) is 1. The lowest BCUT2D eigenvalue weighted by Crippen LogP contribution is -2.46. The van der Waals surface area contributed by atoms with Crippen LogP contribution in [-0.4, -0.2) is 58.6 Å². The Morgan fingerprint density at radius 3 is 2.26 bits per heavy atom. The molecule has 0 saturated carbocycles. The largest absolute Gasteiger partial charge is 0.386 e. The molecule has 1 aliphatic heterocycles. The van der Waals surface area contributed by atoms with Crippen LogP contribution in [-0.2, 0) is 4.79 Å². The first-order valence-electron chi connectivity index (χ1n) is 10.9. The van der Waals surface area contributed by atoms with Gasteiger partial charge in [-0.05, 0) is 24.6 Å². The Morgan fingerprint density at radius 1 is 1.13 bits per heavy atom. The SMILES string of the molecule is CC.CC(Nc1cc(N2CCN(C=O)CC2)ncn1)C(O)c1ccc(Cl)cc1.CCC. The normalized spacial score (nSPS) is 14.9. The predicted molar refractivity (Wildman–Crippen MR) is 129 cm³/mol. The molecule has 0 bridgehead atoms. The molecule has 1 saturated heterocycles. The monoisotopic (exact) mass is 449 g/mol. The summed E-state index contributed by atoms with van der Waals surface area (Å²) in [5, 5.41) is 14.4. The van der Waals surface area contributed by atoms with E-state index in [-0.39, 0.29) is 6.04 Å². The van der Waals surface area contributed by atoms with Crippen molar-refractivity contribution in [1.29, 1.82) is 0 Å². The van der Waals surface area contributed by atoms with Crippen LogP contribution in [0, 0.1) is 0 Å². The number of rotatable bonds is 6. The number of aliphatic hydroxyl groups is 1. The summed E-state index contributed by atoms with van der Waals surface area (Å²) >= 11 is 5.89. The van der Waals surface area contributed by atoms with Crippen molar-refractivity contribution < 1.29 is 9.90 Å². The minimum absolute atomic E-state index is 0.245. The Kier molecular flexibility index (Phi) is 12.5. The third kappa shape index (κ3) is 8.71. The van der Waals surface area contributed by atoms with E-state index in [1.54, 1.807) is 17.0 Å². The average molecular weight is 450 g/mol. The molecule has 0 aliphatic carbocycles. The van der Waals surface area contributed by atoms with E-state index < -0.39 is 6.10 Å². The number of anilines is 2. The smallest absolute Gasteiger partial charge is 0.209 e. The van der Waals surface area contributed by atoms with E-state index in [2.05, 4.69) is 34.0 Å². The van der Waals surface area contributed by atoms with Crippen LogP contribution in [0.1, 0.15) is 52.7 Å². The van der Waals surface area contributed by atoms with Gasteiger partial charge in [-0.1, -0.05) is 57.8 Å². The third-order valence-corrected chi connectivity index (χ3v) is 4.75. The van der Waals surface area contributed by atoms with Gasteiger partial charge in [0.05, 0.1) is 12.1 Å². The first-order chi connectivity index (χ1) is 15.0. The van der Waals surface area contributed by atoms with Crippen LogP contribution < -0.4 is 10.2 Å².